The number of aliphatic hydroxyl groups excluding tert-OH is 1. The summed E-state index contributed by atoms with van der Waals surface area (Å²) in [5.74, 6) is 0.958. The summed E-state index contributed by atoms with van der Waals surface area (Å²) >= 11 is 1.74. The number of nitrogens with one attached hydrogen (secondary N) is 3. The molecular weight excluding hydrogens is 264 g/mol. The van der Waals surface area contributed by atoms with E-state index < -0.39 is 6.10 Å². The molecule has 2 atom stereocenters. The van der Waals surface area contributed by atoms with E-state index in [1.165, 1.54) is 6.33 Å². The Kier molecular flexibility index (Phi) is 4.62. The van der Waals surface area contributed by atoms with Gasteiger partial charge in [0.05, 0.1) is 18.5 Å². The smallest absolute Gasteiger partial charge is 0.275 e. The minimum Gasteiger partial charge on any atom is -0.391 e. The third-order valence-electron chi connectivity index (χ3n) is 2.99. The monoisotopic (exact) mass is 282 g/mol. The highest BCUT2D eigenvalue weighted by Gasteiger charge is 2.21. The number of aliphatic hydroxyl groups is 1. The van der Waals surface area contributed by atoms with Crippen molar-refractivity contribution in [3.8, 4) is 0 Å². The molecule has 0 fully saturated rings. The van der Waals surface area contributed by atoms with Crippen LogP contribution in [0.4, 0.5) is 0 Å². The van der Waals surface area contributed by atoms with E-state index in [0.29, 0.717) is 11.0 Å². The number of rotatable bonds is 6. The molecule has 2 heterocycles. The average Bonchev–Trinajstić information content (AvgIpc) is 2.79. The van der Waals surface area contributed by atoms with Crippen LogP contribution in [0.15, 0.2) is 17.3 Å². The average molecular weight is 282 g/mol. The van der Waals surface area contributed by atoms with Gasteiger partial charge in [-0.1, -0.05) is 0 Å². The molecule has 2 rings (SSSR count). The van der Waals surface area contributed by atoms with Crippen LogP contribution in [0.5, 0.6) is 0 Å². The molecule has 4 N–H and O–H groups in total. The minimum atomic E-state index is -0.568. The van der Waals surface area contributed by atoms with E-state index >= 15 is 0 Å². The zero-order chi connectivity index (χ0) is 13.8. The topological polar surface area (TPSA) is 93.8 Å². The second-order valence-electron chi connectivity index (χ2n) is 4.36. The molecule has 0 amide bonds. The summed E-state index contributed by atoms with van der Waals surface area (Å²) in [6.07, 6.45) is 4.58. The van der Waals surface area contributed by atoms with Crippen molar-refractivity contribution in [1.29, 1.82) is 0 Å². The standard InChI is InChI=1S/C12H18N4O2S/c1-7(17)9(13-3-4-19-2)8-5-14-11-10(8)15-6-16-12(11)18/h5-7,9,13-14,17H,3-4H2,1-2H3,(H,15,16,18). The van der Waals surface area contributed by atoms with Gasteiger partial charge in [0.15, 0.2) is 0 Å². The van der Waals surface area contributed by atoms with E-state index in [0.717, 1.165) is 17.9 Å². The van der Waals surface area contributed by atoms with Gasteiger partial charge in [-0.3, -0.25) is 4.79 Å². The first-order valence-electron chi connectivity index (χ1n) is 6.10. The second kappa shape index (κ2) is 6.23. The number of hydrogen-bond acceptors (Lipinski definition) is 5. The Morgan fingerprint density at radius 1 is 1.53 bits per heavy atom. The Morgan fingerprint density at radius 2 is 2.32 bits per heavy atom. The maximum atomic E-state index is 11.6. The summed E-state index contributed by atoms with van der Waals surface area (Å²) in [6.45, 7) is 2.51. The summed E-state index contributed by atoms with van der Waals surface area (Å²) in [5, 5.41) is 13.2. The molecule has 2 aromatic rings. The summed E-state index contributed by atoms with van der Waals surface area (Å²) in [4.78, 5) is 21.3. The van der Waals surface area contributed by atoms with Gasteiger partial charge in [-0.15, -0.1) is 0 Å². The van der Waals surface area contributed by atoms with Gasteiger partial charge in [-0.05, 0) is 13.2 Å². The van der Waals surface area contributed by atoms with Crippen LogP contribution in [0.3, 0.4) is 0 Å². The number of hydrogen-bond donors (Lipinski definition) is 4. The van der Waals surface area contributed by atoms with Crippen LogP contribution in [0.1, 0.15) is 18.5 Å². The Balaban J connectivity index is 2.34. The van der Waals surface area contributed by atoms with E-state index in [4.69, 9.17) is 0 Å². The molecule has 0 aromatic carbocycles. The Bertz CT molecular complexity index is 593. The van der Waals surface area contributed by atoms with Gasteiger partial charge in [0.2, 0.25) is 0 Å². The molecule has 0 aliphatic heterocycles. The minimum absolute atomic E-state index is 0.204. The highest BCUT2D eigenvalue weighted by molar-refractivity contribution is 7.98. The first-order valence-corrected chi connectivity index (χ1v) is 7.49. The van der Waals surface area contributed by atoms with Crippen molar-refractivity contribution in [2.75, 3.05) is 18.6 Å². The molecule has 104 valence electrons. The van der Waals surface area contributed by atoms with Crippen LogP contribution < -0.4 is 10.9 Å². The van der Waals surface area contributed by atoms with Crippen molar-refractivity contribution < 1.29 is 5.11 Å². The Labute approximate surface area is 115 Å². The number of thioether (sulfide) groups is 1. The number of aromatic amines is 2. The number of fused-ring (bicyclic) bond motifs is 1. The van der Waals surface area contributed by atoms with Crippen molar-refractivity contribution in [3.63, 3.8) is 0 Å². The zero-order valence-corrected chi connectivity index (χ0v) is 11.8. The van der Waals surface area contributed by atoms with Gasteiger partial charge < -0.3 is 20.4 Å². The van der Waals surface area contributed by atoms with Crippen LogP contribution >= 0.6 is 11.8 Å². The van der Waals surface area contributed by atoms with E-state index in [1.54, 1.807) is 24.9 Å². The summed E-state index contributed by atoms with van der Waals surface area (Å²) < 4.78 is 0. The van der Waals surface area contributed by atoms with Crippen LogP contribution in [0.25, 0.3) is 11.0 Å². The van der Waals surface area contributed by atoms with E-state index in [-0.39, 0.29) is 11.6 Å². The van der Waals surface area contributed by atoms with Crippen LogP contribution in [0, 0.1) is 0 Å². The predicted octanol–water partition coefficient (Wildman–Crippen LogP) is 0.626. The van der Waals surface area contributed by atoms with E-state index in [2.05, 4.69) is 20.3 Å². The van der Waals surface area contributed by atoms with Crippen LogP contribution in [0.2, 0.25) is 0 Å². The lowest BCUT2D eigenvalue weighted by Gasteiger charge is -2.20. The Morgan fingerprint density at radius 3 is 3.00 bits per heavy atom. The lowest BCUT2D eigenvalue weighted by molar-refractivity contribution is 0.147. The maximum absolute atomic E-state index is 11.6. The zero-order valence-electron chi connectivity index (χ0n) is 10.9. The van der Waals surface area contributed by atoms with Crippen molar-refractivity contribution in [3.05, 3.63) is 28.4 Å². The van der Waals surface area contributed by atoms with Gasteiger partial charge in [-0.2, -0.15) is 11.8 Å². The lowest BCUT2D eigenvalue weighted by Crippen LogP contribution is -2.31. The quantitative estimate of drug-likeness (QED) is 0.583. The molecule has 19 heavy (non-hydrogen) atoms. The first-order chi connectivity index (χ1) is 9.15. The van der Waals surface area contributed by atoms with Gasteiger partial charge in [0.25, 0.3) is 5.56 Å². The van der Waals surface area contributed by atoms with Gasteiger partial charge in [-0.25, -0.2) is 4.98 Å². The normalized spacial score (nSPS) is 14.7. The molecule has 0 bridgehead atoms. The van der Waals surface area contributed by atoms with Crippen molar-refractivity contribution >= 4 is 22.8 Å². The molecule has 0 aliphatic carbocycles. The molecule has 0 radical (unpaired) electrons. The summed E-state index contributed by atoms with van der Waals surface area (Å²) in [7, 11) is 0. The third kappa shape index (κ3) is 2.99. The number of nitrogens with zero attached hydrogens (tertiary/aromatic N) is 1. The Hall–Kier alpha value is -1.31. The molecule has 0 spiro atoms. The summed E-state index contributed by atoms with van der Waals surface area (Å²) in [6, 6.07) is -0.241. The molecule has 2 aromatic heterocycles. The molecule has 0 saturated heterocycles. The largest absolute Gasteiger partial charge is 0.391 e. The maximum Gasteiger partial charge on any atom is 0.275 e. The summed E-state index contributed by atoms with van der Waals surface area (Å²) in [5.41, 5.74) is 1.66. The molecule has 6 nitrogen and oxygen atoms in total. The van der Waals surface area contributed by atoms with Crippen LogP contribution in [-0.2, 0) is 0 Å². The lowest BCUT2D eigenvalue weighted by atomic mass is 10.0. The SMILES string of the molecule is CSCCNC(c1c[nH]c2c(=O)[nH]cnc12)C(C)O. The fourth-order valence-electron chi connectivity index (χ4n) is 2.06. The van der Waals surface area contributed by atoms with Gasteiger partial charge >= 0.3 is 0 Å². The van der Waals surface area contributed by atoms with Crippen molar-refractivity contribution in [1.82, 2.24) is 20.3 Å². The van der Waals surface area contributed by atoms with Gasteiger partial charge in [0, 0.05) is 24.1 Å². The molecule has 0 saturated carbocycles. The molecule has 2 unspecified atom stereocenters. The van der Waals surface area contributed by atoms with E-state index in [1.807, 2.05) is 6.26 Å². The first kappa shape index (κ1) is 14.1. The number of H-pyrrole nitrogens is 2. The highest BCUT2D eigenvalue weighted by Crippen LogP contribution is 2.22. The third-order valence-corrected chi connectivity index (χ3v) is 3.60. The number of aromatic nitrogens is 3. The van der Waals surface area contributed by atoms with Crippen molar-refractivity contribution in [2.24, 2.45) is 0 Å². The van der Waals surface area contributed by atoms with Crippen molar-refractivity contribution in [2.45, 2.75) is 19.1 Å². The molecule has 7 heteroatoms. The fraction of sp³-hybridized carbons (Fsp3) is 0.500. The molecule has 0 aliphatic rings. The van der Waals surface area contributed by atoms with Gasteiger partial charge in [0.1, 0.15) is 11.0 Å². The van der Waals surface area contributed by atoms with E-state index in [9.17, 15) is 9.90 Å². The van der Waals surface area contributed by atoms with Crippen LogP contribution in [-0.4, -0.2) is 44.7 Å². The fourth-order valence-corrected chi connectivity index (χ4v) is 2.39. The second-order valence-corrected chi connectivity index (χ2v) is 5.35. The highest BCUT2D eigenvalue weighted by atomic mass is 32.2. The molecular formula is C12H18N4O2S. The predicted molar refractivity (Wildman–Crippen MR) is 77.5 cm³/mol.